The first kappa shape index (κ1) is 18.0. The quantitative estimate of drug-likeness (QED) is 0.147. The van der Waals surface area contributed by atoms with Crippen LogP contribution in [0.5, 0.6) is 0 Å². The molecule has 1 nitrogen and oxygen atoms in total. The fourth-order valence-corrected chi connectivity index (χ4v) is 7.14. The lowest BCUT2D eigenvalue weighted by molar-refractivity contribution is 0.669. The minimum Gasteiger partial charge on any atom is -0.456 e. The van der Waals surface area contributed by atoms with Crippen molar-refractivity contribution in [3.05, 3.63) is 158 Å². The van der Waals surface area contributed by atoms with Gasteiger partial charge in [0.1, 0.15) is 11.2 Å². The van der Waals surface area contributed by atoms with Crippen LogP contribution in [-0.4, -0.2) is 0 Å². The lowest BCUT2D eigenvalue weighted by atomic mass is 9.83. The van der Waals surface area contributed by atoms with E-state index in [0.29, 0.717) is 38.8 Å². The van der Waals surface area contributed by atoms with Crippen LogP contribution in [0.25, 0.3) is 98.1 Å². The maximum atomic E-state index is 9.48. The van der Waals surface area contributed by atoms with Gasteiger partial charge in [0.15, 0.2) is 0 Å². The number of rotatable bonds is 2. The Labute approximate surface area is 270 Å². The fourth-order valence-electron chi connectivity index (χ4n) is 7.14. The van der Waals surface area contributed by atoms with Gasteiger partial charge in [-0.1, -0.05) is 139 Å². The molecule has 0 aliphatic rings. The summed E-state index contributed by atoms with van der Waals surface area (Å²) in [5.41, 5.74) is 2.93. The van der Waals surface area contributed by atoms with E-state index in [1.807, 2.05) is 103 Å². The molecule has 0 bridgehead atoms. The second-order valence-corrected chi connectivity index (χ2v) is 11.4. The van der Waals surface area contributed by atoms with Crippen LogP contribution in [0.2, 0.25) is 0 Å². The Bertz CT molecular complexity index is 3190. The van der Waals surface area contributed by atoms with Gasteiger partial charge in [-0.05, 0) is 94.3 Å². The van der Waals surface area contributed by atoms with Gasteiger partial charge in [0.05, 0.1) is 11.0 Å². The Hall–Kier alpha value is -5.92. The molecule has 10 rings (SSSR count). The van der Waals surface area contributed by atoms with E-state index in [0.717, 1.165) is 37.7 Å². The van der Waals surface area contributed by atoms with Crippen molar-refractivity contribution in [3.63, 3.8) is 0 Å². The molecule has 45 heavy (non-hydrogen) atoms. The van der Waals surface area contributed by atoms with E-state index < -0.39 is 24.2 Å². The third-order valence-electron chi connectivity index (χ3n) is 9.06. The average molecular weight is 579 g/mol. The summed E-state index contributed by atoms with van der Waals surface area (Å²) in [5.74, 6) is 0. The molecular weight excluding hydrogens is 544 g/mol. The molecule has 0 atom stereocenters. The van der Waals surface area contributed by atoms with Gasteiger partial charge in [0.2, 0.25) is 0 Å². The summed E-state index contributed by atoms with van der Waals surface area (Å²) in [6.07, 6.45) is 0. The van der Waals surface area contributed by atoms with Gasteiger partial charge in [-0.25, -0.2) is 0 Å². The van der Waals surface area contributed by atoms with Crippen LogP contribution >= 0.6 is 0 Å². The van der Waals surface area contributed by atoms with Crippen LogP contribution in [-0.2, 0) is 0 Å². The van der Waals surface area contributed by atoms with Crippen molar-refractivity contribution in [3.8, 4) is 22.3 Å². The summed E-state index contributed by atoms with van der Waals surface area (Å²) < 4.78 is 79.8. The molecule has 0 N–H and O–H groups in total. The molecule has 0 amide bonds. The third kappa shape index (κ3) is 3.50. The number of hydrogen-bond donors (Lipinski definition) is 0. The summed E-state index contributed by atoms with van der Waals surface area (Å²) in [4.78, 5) is 0. The summed E-state index contributed by atoms with van der Waals surface area (Å²) in [7, 11) is 0. The molecule has 0 radical (unpaired) electrons. The van der Waals surface area contributed by atoms with E-state index in [9.17, 15) is 5.48 Å². The van der Waals surface area contributed by atoms with Crippen molar-refractivity contribution < 1.29 is 15.4 Å². The largest absolute Gasteiger partial charge is 0.456 e. The minimum atomic E-state index is -0.436. The minimum absolute atomic E-state index is 0.170. The number of fused-ring (bicyclic) bond motifs is 9. The highest BCUT2D eigenvalue weighted by atomic mass is 16.3. The summed E-state index contributed by atoms with van der Waals surface area (Å²) in [6, 6.07) is 32.2. The standard InChI is InChI=1S/C44H26O/c1-2-13-29-26-41-39(25-28(29)12-1)44-38(21-10-22-40(44)45-41)43-36-17-7-5-15-34(36)42(35-16-6-8-18-37(35)43)33-20-9-19-31-30-14-4-3-11-27(30)23-24-32(31)33/h1-26H/i5D,6D,7D,8D,15D,16D,17D,18D. The summed E-state index contributed by atoms with van der Waals surface area (Å²) >= 11 is 0. The van der Waals surface area contributed by atoms with Crippen molar-refractivity contribution in [1.82, 2.24) is 0 Å². The van der Waals surface area contributed by atoms with E-state index in [-0.39, 0.29) is 45.7 Å². The Morgan fingerprint density at radius 1 is 0.378 bits per heavy atom. The Morgan fingerprint density at radius 3 is 1.69 bits per heavy atom. The van der Waals surface area contributed by atoms with Gasteiger partial charge < -0.3 is 4.42 Å². The molecule has 9 aromatic carbocycles. The zero-order chi connectivity index (χ0) is 36.4. The molecule has 1 heterocycles. The molecule has 0 aliphatic carbocycles. The van der Waals surface area contributed by atoms with Crippen molar-refractivity contribution in [2.75, 3.05) is 0 Å². The van der Waals surface area contributed by atoms with Gasteiger partial charge in [-0.15, -0.1) is 0 Å². The van der Waals surface area contributed by atoms with Gasteiger partial charge >= 0.3 is 0 Å². The van der Waals surface area contributed by atoms with E-state index in [4.69, 9.17) is 9.90 Å². The predicted octanol–water partition coefficient (Wildman–Crippen LogP) is 12.7. The highest BCUT2D eigenvalue weighted by Crippen LogP contribution is 2.48. The molecule has 0 aliphatic heterocycles. The highest BCUT2D eigenvalue weighted by Gasteiger charge is 2.21. The van der Waals surface area contributed by atoms with Crippen molar-refractivity contribution in [1.29, 1.82) is 0 Å². The molecule has 10 aromatic rings. The predicted molar refractivity (Wildman–Crippen MR) is 192 cm³/mol. The number of benzene rings is 9. The Morgan fingerprint density at radius 2 is 0.956 bits per heavy atom. The van der Waals surface area contributed by atoms with Crippen LogP contribution in [0.1, 0.15) is 11.0 Å². The van der Waals surface area contributed by atoms with Crippen molar-refractivity contribution in [2.24, 2.45) is 0 Å². The number of hydrogen-bond acceptors (Lipinski definition) is 1. The topological polar surface area (TPSA) is 13.1 Å². The molecule has 208 valence electrons. The van der Waals surface area contributed by atoms with Crippen LogP contribution in [0.4, 0.5) is 0 Å². The van der Waals surface area contributed by atoms with E-state index in [2.05, 4.69) is 0 Å². The van der Waals surface area contributed by atoms with Crippen LogP contribution in [0, 0.1) is 0 Å². The van der Waals surface area contributed by atoms with Gasteiger partial charge in [0.25, 0.3) is 0 Å². The molecule has 0 unspecified atom stereocenters. The Balaban J connectivity index is 1.49. The highest BCUT2D eigenvalue weighted by molar-refractivity contribution is 6.28. The van der Waals surface area contributed by atoms with Crippen LogP contribution in [0.3, 0.4) is 0 Å². The monoisotopic (exact) mass is 578 g/mol. The summed E-state index contributed by atoms with van der Waals surface area (Å²) in [5, 5.41) is 7.85. The molecule has 1 aromatic heterocycles. The first-order valence-electron chi connectivity index (χ1n) is 18.9. The van der Waals surface area contributed by atoms with Gasteiger partial charge in [0, 0.05) is 10.8 Å². The molecule has 0 saturated carbocycles. The Kier molecular flexibility index (Phi) is 3.72. The van der Waals surface area contributed by atoms with Gasteiger partial charge in [-0.2, -0.15) is 0 Å². The second kappa shape index (κ2) is 9.29. The van der Waals surface area contributed by atoms with Crippen LogP contribution in [0.15, 0.2) is 162 Å². The molecule has 1 heteroatoms. The zero-order valence-electron chi connectivity index (χ0n) is 31.8. The normalized spacial score (nSPS) is 14.5. The average Bonchev–Trinajstić information content (AvgIpc) is 3.55. The van der Waals surface area contributed by atoms with Crippen molar-refractivity contribution in [2.45, 2.75) is 0 Å². The second-order valence-electron chi connectivity index (χ2n) is 11.4. The first-order valence-corrected chi connectivity index (χ1v) is 14.9. The maximum absolute atomic E-state index is 9.48. The molecule has 0 saturated heterocycles. The zero-order valence-corrected chi connectivity index (χ0v) is 23.8. The first-order chi connectivity index (χ1) is 25.7. The molecule has 0 spiro atoms. The van der Waals surface area contributed by atoms with E-state index in [1.165, 1.54) is 0 Å². The molecular formula is C44H26O. The third-order valence-corrected chi connectivity index (χ3v) is 9.06. The van der Waals surface area contributed by atoms with Crippen LogP contribution < -0.4 is 0 Å². The SMILES string of the molecule is [2H]c1c([2H])c([2H])c2c(-c3cccc4oc5cc6ccccc6cc5c34)c3c([2H])c([2H])c([2H])c([2H])c3c(-c3cccc4c3ccc3ccccc34)c2c1[2H]. The lowest BCUT2D eigenvalue weighted by Crippen LogP contribution is -1.92. The van der Waals surface area contributed by atoms with E-state index >= 15 is 0 Å². The van der Waals surface area contributed by atoms with E-state index in [1.54, 1.807) is 6.07 Å². The summed E-state index contributed by atoms with van der Waals surface area (Å²) in [6.45, 7) is 0. The van der Waals surface area contributed by atoms with Crippen molar-refractivity contribution >= 4 is 75.8 Å². The van der Waals surface area contributed by atoms with Gasteiger partial charge in [-0.3, -0.25) is 0 Å². The smallest absolute Gasteiger partial charge is 0.136 e. The fraction of sp³-hybridized carbons (Fsp3) is 0. The molecule has 0 fully saturated rings. The lowest BCUT2D eigenvalue weighted by Gasteiger charge is -2.19. The maximum Gasteiger partial charge on any atom is 0.136 e. The number of furan rings is 1.